The molecule has 0 unspecified atom stereocenters. The number of imidazole rings is 1. The number of fused-ring (bicyclic) bond motifs is 1. The first-order chi connectivity index (χ1) is 14.6. The SMILES string of the molecule is NS(=O)(=O)c1ccccc1-c1ccc2[nH]c(COc3ccc(C(F)(F)F)cc3)nc2c1.[NaH].[NaH]. The number of nitrogens with one attached hydrogen (secondary N) is 1. The van der Waals surface area contributed by atoms with E-state index in [9.17, 15) is 21.6 Å². The molecule has 1 heterocycles. The molecule has 1 aromatic heterocycles. The zero-order valence-electron chi connectivity index (χ0n) is 15.8. The van der Waals surface area contributed by atoms with Crippen LogP contribution < -0.4 is 9.88 Å². The number of nitrogens with zero attached hydrogens (tertiary/aromatic N) is 1. The van der Waals surface area contributed by atoms with Gasteiger partial charge in [-0.1, -0.05) is 24.3 Å². The number of hydrogen-bond donors (Lipinski definition) is 2. The van der Waals surface area contributed by atoms with E-state index in [1.54, 1.807) is 36.4 Å². The molecule has 0 radical (unpaired) electrons. The minimum absolute atomic E-state index is 0. The normalized spacial score (nSPS) is 11.5. The Labute approximate surface area is 232 Å². The predicted octanol–water partition coefficient (Wildman–Crippen LogP) is 3.18. The van der Waals surface area contributed by atoms with Gasteiger partial charge in [0.1, 0.15) is 18.2 Å². The number of sulfonamides is 1. The summed E-state index contributed by atoms with van der Waals surface area (Å²) in [6.45, 7) is 0.0170. The topological polar surface area (TPSA) is 98.1 Å². The number of alkyl halides is 3. The average Bonchev–Trinajstić information content (AvgIpc) is 3.13. The van der Waals surface area contributed by atoms with Crippen molar-refractivity contribution in [2.75, 3.05) is 0 Å². The van der Waals surface area contributed by atoms with Crippen molar-refractivity contribution in [3.05, 3.63) is 78.1 Å². The van der Waals surface area contributed by atoms with E-state index in [0.29, 0.717) is 28.0 Å². The number of aromatic amines is 1. The van der Waals surface area contributed by atoms with Gasteiger partial charge in [-0.15, -0.1) is 0 Å². The second-order valence-electron chi connectivity index (χ2n) is 6.77. The predicted molar refractivity (Wildman–Crippen MR) is 123 cm³/mol. The fourth-order valence-corrected chi connectivity index (χ4v) is 3.90. The van der Waals surface area contributed by atoms with Gasteiger partial charge in [-0.25, -0.2) is 18.5 Å². The van der Waals surface area contributed by atoms with Gasteiger partial charge in [0.2, 0.25) is 10.0 Å². The molecule has 4 rings (SSSR count). The van der Waals surface area contributed by atoms with Crippen LogP contribution in [0.25, 0.3) is 22.2 Å². The first-order valence-corrected chi connectivity index (χ1v) is 10.6. The zero-order valence-corrected chi connectivity index (χ0v) is 16.7. The molecule has 0 amide bonds. The van der Waals surface area contributed by atoms with Crippen LogP contribution in [0, 0.1) is 0 Å². The van der Waals surface area contributed by atoms with Gasteiger partial charge in [0.25, 0.3) is 0 Å². The van der Waals surface area contributed by atoms with E-state index in [0.717, 1.165) is 12.1 Å². The van der Waals surface area contributed by atoms with Gasteiger partial charge in [0.15, 0.2) is 0 Å². The average molecular weight is 495 g/mol. The molecule has 0 atom stereocenters. The Hall–Kier alpha value is -1.37. The number of benzene rings is 3. The summed E-state index contributed by atoms with van der Waals surface area (Å²) in [4.78, 5) is 7.50. The summed E-state index contributed by atoms with van der Waals surface area (Å²) >= 11 is 0. The zero-order chi connectivity index (χ0) is 22.2. The summed E-state index contributed by atoms with van der Waals surface area (Å²) in [7, 11) is -3.90. The van der Waals surface area contributed by atoms with Gasteiger partial charge >= 0.3 is 65.3 Å². The summed E-state index contributed by atoms with van der Waals surface area (Å²) in [6.07, 6.45) is -4.41. The Kier molecular flexibility index (Phi) is 9.22. The molecule has 33 heavy (non-hydrogen) atoms. The molecule has 6 nitrogen and oxygen atoms in total. The molecule has 0 saturated heterocycles. The van der Waals surface area contributed by atoms with Crippen LogP contribution in [0.2, 0.25) is 0 Å². The van der Waals surface area contributed by atoms with E-state index in [-0.39, 0.29) is 76.4 Å². The monoisotopic (exact) mass is 495 g/mol. The van der Waals surface area contributed by atoms with Gasteiger partial charge in [0, 0.05) is 5.56 Å². The quantitative estimate of drug-likeness (QED) is 0.416. The molecule has 0 bridgehead atoms. The van der Waals surface area contributed by atoms with E-state index in [2.05, 4.69) is 9.97 Å². The third-order valence-electron chi connectivity index (χ3n) is 4.59. The van der Waals surface area contributed by atoms with Crippen LogP contribution in [0.4, 0.5) is 13.2 Å². The summed E-state index contributed by atoms with van der Waals surface area (Å²) in [5.74, 6) is 0.739. The summed E-state index contributed by atoms with van der Waals surface area (Å²) < 4.78 is 67.2. The number of aromatic nitrogens is 2. The maximum atomic E-state index is 12.6. The van der Waals surface area contributed by atoms with Crippen LogP contribution in [0.3, 0.4) is 0 Å². The fraction of sp³-hybridized carbons (Fsp3) is 0.0952. The number of rotatable bonds is 5. The fourth-order valence-electron chi connectivity index (χ4n) is 3.14. The Morgan fingerprint density at radius 3 is 2.27 bits per heavy atom. The molecule has 0 aliphatic rings. The molecule has 3 aromatic carbocycles. The third-order valence-corrected chi connectivity index (χ3v) is 5.56. The number of H-pyrrole nitrogens is 1. The van der Waals surface area contributed by atoms with Crippen molar-refractivity contribution in [3.63, 3.8) is 0 Å². The van der Waals surface area contributed by atoms with Crippen molar-refractivity contribution in [2.45, 2.75) is 17.7 Å². The van der Waals surface area contributed by atoms with Crippen LogP contribution in [-0.2, 0) is 22.8 Å². The van der Waals surface area contributed by atoms with E-state index < -0.39 is 21.8 Å². The first-order valence-electron chi connectivity index (χ1n) is 9.02. The summed E-state index contributed by atoms with van der Waals surface area (Å²) in [6, 6.07) is 16.0. The van der Waals surface area contributed by atoms with Crippen molar-refractivity contribution >= 4 is 80.2 Å². The summed E-state index contributed by atoms with van der Waals surface area (Å²) in [5.41, 5.74) is 1.60. The van der Waals surface area contributed by atoms with Crippen LogP contribution in [0.5, 0.6) is 5.75 Å². The van der Waals surface area contributed by atoms with Gasteiger partial charge in [-0.3, -0.25) is 0 Å². The Bertz CT molecular complexity index is 1360. The van der Waals surface area contributed by atoms with Crippen LogP contribution in [-0.4, -0.2) is 77.5 Å². The molecule has 0 aliphatic carbocycles. The van der Waals surface area contributed by atoms with Crippen LogP contribution in [0.15, 0.2) is 71.6 Å². The molecular weight excluding hydrogens is 477 g/mol. The molecule has 0 fully saturated rings. The number of ether oxygens (including phenoxy) is 1. The Morgan fingerprint density at radius 2 is 1.64 bits per heavy atom. The van der Waals surface area contributed by atoms with E-state index >= 15 is 0 Å². The van der Waals surface area contributed by atoms with Crippen molar-refractivity contribution < 1.29 is 26.3 Å². The molecule has 0 aliphatic heterocycles. The van der Waals surface area contributed by atoms with Crippen molar-refractivity contribution in [3.8, 4) is 16.9 Å². The second kappa shape index (κ2) is 10.9. The minimum atomic E-state index is -4.41. The van der Waals surface area contributed by atoms with Crippen molar-refractivity contribution in [2.24, 2.45) is 5.14 Å². The Balaban J connectivity index is 0.00000193. The van der Waals surface area contributed by atoms with E-state index in [4.69, 9.17) is 9.88 Å². The van der Waals surface area contributed by atoms with Crippen LogP contribution in [0.1, 0.15) is 11.4 Å². The van der Waals surface area contributed by atoms with E-state index in [1.807, 2.05) is 0 Å². The molecule has 164 valence electrons. The summed E-state index contributed by atoms with van der Waals surface area (Å²) in [5, 5.41) is 5.31. The van der Waals surface area contributed by atoms with Crippen LogP contribution >= 0.6 is 0 Å². The van der Waals surface area contributed by atoms with Gasteiger partial charge < -0.3 is 9.72 Å². The van der Waals surface area contributed by atoms with Gasteiger partial charge in [-0.05, 0) is 48.0 Å². The molecule has 3 N–H and O–H groups in total. The maximum absolute atomic E-state index is 12.6. The molecular formula is C21H18F3N3Na2O3S. The van der Waals surface area contributed by atoms with E-state index in [1.165, 1.54) is 18.2 Å². The second-order valence-corrected chi connectivity index (χ2v) is 8.30. The Morgan fingerprint density at radius 1 is 0.970 bits per heavy atom. The third kappa shape index (κ3) is 6.61. The molecule has 4 aromatic rings. The number of primary sulfonamides is 1. The molecule has 0 spiro atoms. The standard InChI is InChI=1S/C21H16F3N3O3S.2Na.2H/c22-21(23,24)14-6-8-15(9-7-14)30-12-20-26-17-10-5-13(11-18(17)27-20)16-3-1-2-4-19(16)31(25,28)29;;;;/h1-11H,12H2,(H,26,27)(H2,25,28,29);;;;. The first kappa shape index (κ1) is 27.9. The molecule has 0 saturated carbocycles. The number of hydrogen-bond acceptors (Lipinski definition) is 4. The number of nitrogens with two attached hydrogens (primary N) is 1. The van der Waals surface area contributed by atoms with Crippen molar-refractivity contribution in [1.82, 2.24) is 9.97 Å². The van der Waals surface area contributed by atoms with Crippen molar-refractivity contribution in [1.29, 1.82) is 0 Å². The van der Waals surface area contributed by atoms with Gasteiger partial charge in [-0.2, -0.15) is 13.2 Å². The van der Waals surface area contributed by atoms with Gasteiger partial charge in [0.05, 0.1) is 21.5 Å². The molecule has 12 heteroatoms. The number of halogens is 3.